The van der Waals surface area contributed by atoms with Crippen LogP contribution in [0, 0.1) is 10.1 Å². The van der Waals surface area contributed by atoms with Crippen molar-refractivity contribution in [3.63, 3.8) is 0 Å². The van der Waals surface area contributed by atoms with Crippen molar-refractivity contribution in [3.05, 3.63) is 57.6 Å². The van der Waals surface area contributed by atoms with Gasteiger partial charge in [0.2, 0.25) is 5.75 Å². The number of nitro groups is 1. The van der Waals surface area contributed by atoms with Gasteiger partial charge in [0.15, 0.2) is 0 Å². The van der Waals surface area contributed by atoms with Gasteiger partial charge >= 0.3 is 11.7 Å². The topological polar surface area (TPSA) is 91.6 Å². The van der Waals surface area contributed by atoms with Gasteiger partial charge in [-0.1, -0.05) is 12.1 Å². The van der Waals surface area contributed by atoms with E-state index in [0.29, 0.717) is 18.6 Å². The maximum atomic E-state index is 12.0. The molecule has 0 radical (unpaired) electrons. The lowest BCUT2D eigenvalue weighted by molar-refractivity contribution is -0.385. The average molecular weight is 372 g/mol. The third-order valence-electron chi connectivity index (χ3n) is 3.70. The number of rotatable bonds is 7. The monoisotopic (exact) mass is 372 g/mol. The Morgan fingerprint density at radius 3 is 2.81 bits per heavy atom. The van der Waals surface area contributed by atoms with Gasteiger partial charge in [0.1, 0.15) is 5.75 Å². The third kappa shape index (κ3) is 4.15. The number of aryl methyl sites for hydroxylation is 1. The molecule has 1 heterocycles. The normalized spacial score (nSPS) is 10.7. The fraction of sp³-hybridized carbons (Fsp3) is 0.222. The van der Waals surface area contributed by atoms with Crippen molar-refractivity contribution in [1.82, 2.24) is 4.98 Å². The van der Waals surface area contributed by atoms with E-state index in [1.165, 1.54) is 25.3 Å². The van der Waals surface area contributed by atoms with Crippen LogP contribution in [-0.2, 0) is 11.2 Å². The Hall–Kier alpha value is -3.00. The van der Waals surface area contributed by atoms with Gasteiger partial charge in [-0.25, -0.2) is 4.98 Å². The van der Waals surface area contributed by atoms with Crippen LogP contribution in [0.5, 0.6) is 11.5 Å². The minimum Gasteiger partial charge on any atom is -0.496 e. The number of thiazole rings is 1. The number of benzene rings is 2. The highest BCUT2D eigenvalue weighted by atomic mass is 32.1. The molecule has 1 aromatic heterocycles. The number of hydrogen-bond acceptors (Lipinski definition) is 7. The summed E-state index contributed by atoms with van der Waals surface area (Å²) in [7, 11) is 1.41. The van der Waals surface area contributed by atoms with E-state index in [1.54, 1.807) is 11.3 Å². The lowest BCUT2D eigenvalue weighted by atomic mass is 10.2. The number of nitro benzene ring substituents is 1. The van der Waals surface area contributed by atoms with Crippen molar-refractivity contribution in [2.45, 2.75) is 19.3 Å². The molecule has 7 nitrogen and oxygen atoms in total. The van der Waals surface area contributed by atoms with Crippen LogP contribution >= 0.6 is 11.3 Å². The summed E-state index contributed by atoms with van der Waals surface area (Å²) in [6, 6.07) is 12.0. The largest absolute Gasteiger partial charge is 0.496 e. The van der Waals surface area contributed by atoms with E-state index in [1.807, 2.05) is 24.3 Å². The van der Waals surface area contributed by atoms with Gasteiger partial charge in [-0.15, -0.1) is 11.3 Å². The molecule has 0 spiro atoms. The smallest absolute Gasteiger partial charge is 0.315 e. The zero-order valence-electron chi connectivity index (χ0n) is 14.0. The quantitative estimate of drug-likeness (QED) is 0.268. The van der Waals surface area contributed by atoms with Gasteiger partial charge < -0.3 is 9.47 Å². The molecule has 0 aliphatic carbocycles. The fourth-order valence-corrected chi connectivity index (χ4v) is 3.45. The SMILES string of the molecule is COc1ccc(OC(=O)CCCc2nc3ccccc3s2)c([N+](=O)[O-])c1. The lowest BCUT2D eigenvalue weighted by Gasteiger charge is -2.06. The molecule has 3 aromatic rings. The number of esters is 1. The maximum Gasteiger partial charge on any atom is 0.315 e. The summed E-state index contributed by atoms with van der Waals surface area (Å²) in [6.07, 6.45) is 1.36. The first-order valence-electron chi connectivity index (χ1n) is 7.94. The number of ether oxygens (including phenoxy) is 2. The third-order valence-corrected chi connectivity index (χ3v) is 4.79. The van der Waals surface area contributed by atoms with Gasteiger partial charge in [-0.2, -0.15) is 0 Å². The molecule has 0 atom stereocenters. The van der Waals surface area contributed by atoms with Gasteiger partial charge in [0.25, 0.3) is 0 Å². The second-order valence-corrected chi connectivity index (χ2v) is 6.61. The van der Waals surface area contributed by atoms with Crippen molar-refractivity contribution >= 4 is 33.2 Å². The van der Waals surface area contributed by atoms with Crippen LogP contribution in [0.15, 0.2) is 42.5 Å². The van der Waals surface area contributed by atoms with Crippen LogP contribution in [0.4, 0.5) is 5.69 Å². The van der Waals surface area contributed by atoms with Crippen molar-refractivity contribution < 1.29 is 19.2 Å². The van der Waals surface area contributed by atoms with Gasteiger partial charge in [-0.3, -0.25) is 14.9 Å². The molecular formula is C18H16N2O5S. The van der Waals surface area contributed by atoms with E-state index in [4.69, 9.17) is 9.47 Å². The number of aromatic nitrogens is 1. The minimum atomic E-state index is -0.605. The number of carbonyl (C=O) groups excluding carboxylic acids is 1. The Kier molecular flexibility index (Phi) is 5.43. The molecule has 0 N–H and O–H groups in total. The van der Waals surface area contributed by atoms with E-state index in [2.05, 4.69) is 4.98 Å². The molecule has 0 saturated heterocycles. The van der Waals surface area contributed by atoms with Gasteiger partial charge in [-0.05, 0) is 37.1 Å². The predicted molar refractivity (Wildman–Crippen MR) is 97.8 cm³/mol. The summed E-state index contributed by atoms with van der Waals surface area (Å²) in [5.74, 6) is -0.271. The van der Waals surface area contributed by atoms with Crippen LogP contribution in [0.1, 0.15) is 17.8 Å². The van der Waals surface area contributed by atoms with Crippen LogP contribution < -0.4 is 9.47 Å². The zero-order valence-corrected chi connectivity index (χ0v) is 14.8. The van der Waals surface area contributed by atoms with E-state index in [0.717, 1.165) is 15.2 Å². The van der Waals surface area contributed by atoms with E-state index in [-0.39, 0.29) is 17.9 Å². The Bertz CT molecular complexity index is 921. The van der Waals surface area contributed by atoms with Crippen LogP contribution in [0.25, 0.3) is 10.2 Å². The van der Waals surface area contributed by atoms with Crippen LogP contribution in [-0.4, -0.2) is 23.0 Å². The highest BCUT2D eigenvalue weighted by Crippen LogP contribution is 2.31. The number of hydrogen-bond donors (Lipinski definition) is 0. The second kappa shape index (κ2) is 7.92. The van der Waals surface area contributed by atoms with Gasteiger partial charge in [0, 0.05) is 6.42 Å². The zero-order chi connectivity index (χ0) is 18.5. The highest BCUT2D eigenvalue weighted by molar-refractivity contribution is 7.18. The first-order chi connectivity index (χ1) is 12.6. The Labute approximate surface area is 153 Å². The molecule has 0 saturated carbocycles. The molecule has 0 fully saturated rings. The van der Waals surface area contributed by atoms with Crippen LogP contribution in [0.3, 0.4) is 0 Å². The molecule has 0 bridgehead atoms. The van der Waals surface area contributed by atoms with E-state index in [9.17, 15) is 14.9 Å². The summed E-state index contributed by atoms with van der Waals surface area (Å²) in [4.78, 5) is 27.0. The van der Waals surface area contributed by atoms with E-state index < -0.39 is 10.9 Å². The summed E-state index contributed by atoms with van der Waals surface area (Å²) < 4.78 is 11.2. The van der Waals surface area contributed by atoms with Crippen molar-refractivity contribution in [2.24, 2.45) is 0 Å². The first-order valence-corrected chi connectivity index (χ1v) is 8.76. The Morgan fingerprint density at radius 2 is 2.08 bits per heavy atom. The summed E-state index contributed by atoms with van der Waals surface area (Å²) in [5, 5.41) is 12.1. The molecule has 3 rings (SSSR count). The highest BCUT2D eigenvalue weighted by Gasteiger charge is 2.19. The molecule has 0 aliphatic heterocycles. The Morgan fingerprint density at radius 1 is 1.27 bits per heavy atom. The number of methoxy groups -OCH3 is 1. The molecule has 0 unspecified atom stereocenters. The summed E-state index contributed by atoms with van der Waals surface area (Å²) >= 11 is 1.60. The number of fused-ring (bicyclic) bond motifs is 1. The molecule has 26 heavy (non-hydrogen) atoms. The van der Waals surface area contributed by atoms with Crippen molar-refractivity contribution in [1.29, 1.82) is 0 Å². The molecule has 2 aromatic carbocycles. The second-order valence-electron chi connectivity index (χ2n) is 5.49. The molecule has 8 heteroatoms. The Balaban J connectivity index is 1.58. The van der Waals surface area contributed by atoms with Crippen LogP contribution in [0.2, 0.25) is 0 Å². The average Bonchev–Trinajstić information content (AvgIpc) is 3.04. The van der Waals surface area contributed by atoms with Gasteiger partial charge in [0.05, 0.1) is 33.3 Å². The molecule has 0 amide bonds. The van der Waals surface area contributed by atoms with E-state index >= 15 is 0 Å². The predicted octanol–water partition coefficient (Wildman–Crippen LogP) is 4.14. The lowest BCUT2D eigenvalue weighted by Crippen LogP contribution is -2.09. The molecular weight excluding hydrogens is 356 g/mol. The molecule has 0 aliphatic rings. The number of nitrogens with zero attached hydrogens (tertiary/aromatic N) is 2. The van der Waals surface area contributed by atoms with Crippen molar-refractivity contribution in [3.8, 4) is 11.5 Å². The van der Waals surface area contributed by atoms with Crippen molar-refractivity contribution in [2.75, 3.05) is 7.11 Å². The molecule has 134 valence electrons. The maximum absolute atomic E-state index is 12.0. The fourth-order valence-electron chi connectivity index (χ4n) is 2.44. The first kappa shape index (κ1) is 17.8. The standard InChI is InChI=1S/C18H16N2O5S/c1-24-12-9-10-15(14(11-12)20(22)23)25-18(21)8-4-7-17-19-13-5-2-3-6-16(13)26-17/h2-3,5-6,9-11H,4,7-8H2,1H3. The number of carbonyl (C=O) groups is 1. The number of para-hydroxylation sites is 1. The minimum absolute atomic E-state index is 0.0826. The summed E-state index contributed by atoms with van der Waals surface area (Å²) in [6.45, 7) is 0. The summed E-state index contributed by atoms with van der Waals surface area (Å²) in [5.41, 5.74) is 0.646.